The molecule has 5 heteroatoms. The summed E-state index contributed by atoms with van der Waals surface area (Å²) in [5, 5.41) is 0. The molecule has 1 aromatic carbocycles. The van der Waals surface area contributed by atoms with Gasteiger partial charge >= 0.3 is 5.76 Å². The number of hydrogen-bond acceptors (Lipinski definition) is 4. The fourth-order valence-electron chi connectivity index (χ4n) is 1.47. The first-order valence-corrected chi connectivity index (χ1v) is 4.60. The Kier molecular flexibility index (Phi) is 2.47. The van der Waals surface area contributed by atoms with Crippen LogP contribution >= 0.6 is 0 Å². The van der Waals surface area contributed by atoms with Crippen LogP contribution in [0.15, 0.2) is 27.4 Å². The van der Waals surface area contributed by atoms with Crippen molar-refractivity contribution in [3.05, 3.63) is 28.7 Å². The molecule has 1 aromatic heterocycles. The molecule has 0 amide bonds. The summed E-state index contributed by atoms with van der Waals surface area (Å²) in [6.45, 7) is 0.926. The topological polar surface area (TPSA) is 70.4 Å². The highest BCUT2D eigenvalue weighted by atomic mass is 16.5. The Bertz CT molecular complexity index is 527. The van der Waals surface area contributed by atoms with E-state index in [-0.39, 0.29) is 5.76 Å². The summed E-state index contributed by atoms with van der Waals surface area (Å²) in [5.74, 6) is -0.382. The normalized spacial score (nSPS) is 11.0. The first kappa shape index (κ1) is 9.79. The summed E-state index contributed by atoms with van der Waals surface area (Å²) in [7, 11) is 1.58. The molecule has 0 aliphatic rings. The van der Waals surface area contributed by atoms with Crippen molar-refractivity contribution in [2.45, 2.75) is 6.54 Å². The Morgan fingerprint density at radius 3 is 3.07 bits per heavy atom. The number of nitrogen functional groups attached to an aromatic ring is 1. The number of rotatable bonds is 3. The molecular weight excluding hydrogens is 196 g/mol. The van der Waals surface area contributed by atoms with Gasteiger partial charge in [-0.3, -0.25) is 4.57 Å². The molecule has 0 aliphatic heterocycles. The maximum Gasteiger partial charge on any atom is 0.420 e. The fraction of sp³-hybridized carbons (Fsp3) is 0.300. The lowest BCUT2D eigenvalue weighted by Gasteiger charge is -2.00. The van der Waals surface area contributed by atoms with Crippen molar-refractivity contribution in [1.29, 1.82) is 0 Å². The summed E-state index contributed by atoms with van der Waals surface area (Å²) in [6.07, 6.45) is 0. The Balaban J connectivity index is 2.55. The van der Waals surface area contributed by atoms with Crippen LogP contribution in [0.4, 0.5) is 5.69 Å². The molecule has 0 unspecified atom stereocenters. The maximum atomic E-state index is 11.5. The third-order valence-corrected chi connectivity index (χ3v) is 2.21. The van der Waals surface area contributed by atoms with Crippen LogP contribution in [0.2, 0.25) is 0 Å². The summed E-state index contributed by atoms with van der Waals surface area (Å²) >= 11 is 0. The predicted molar refractivity (Wildman–Crippen MR) is 56.8 cm³/mol. The number of anilines is 1. The van der Waals surface area contributed by atoms with E-state index in [0.29, 0.717) is 29.9 Å². The van der Waals surface area contributed by atoms with Crippen LogP contribution in [-0.4, -0.2) is 18.3 Å². The third kappa shape index (κ3) is 1.73. The van der Waals surface area contributed by atoms with Crippen LogP contribution in [0, 0.1) is 0 Å². The van der Waals surface area contributed by atoms with Gasteiger partial charge < -0.3 is 14.9 Å². The van der Waals surface area contributed by atoms with Crippen molar-refractivity contribution in [1.82, 2.24) is 4.57 Å². The van der Waals surface area contributed by atoms with Gasteiger partial charge in [0.1, 0.15) is 0 Å². The highest BCUT2D eigenvalue weighted by Crippen LogP contribution is 2.15. The molecule has 2 aromatic rings. The fourth-order valence-corrected chi connectivity index (χ4v) is 1.47. The average molecular weight is 208 g/mol. The van der Waals surface area contributed by atoms with Gasteiger partial charge in [-0.05, 0) is 18.2 Å². The smallest absolute Gasteiger partial charge is 0.408 e. The van der Waals surface area contributed by atoms with Gasteiger partial charge in [-0.1, -0.05) is 0 Å². The lowest BCUT2D eigenvalue weighted by Crippen LogP contribution is -2.16. The van der Waals surface area contributed by atoms with Crippen LogP contribution in [0.25, 0.3) is 11.1 Å². The number of nitrogens with two attached hydrogens (primary N) is 1. The molecule has 80 valence electrons. The predicted octanol–water partition coefficient (Wildman–Crippen LogP) is 0.823. The van der Waals surface area contributed by atoms with E-state index < -0.39 is 0 Å². The van der Waals surface area contributed by atoms with E-state index in [1.165, 1.54) is 4.57 Å². The van der Waals surface area contributed by atoms with Crippen LogP contribution in [-0.2, 0) is 11.3 Å². The van der Waals surface area contributed by atoms with Gasteiger partial charge in [0.05, 0.1) is 18.7 Å². The van der Waals surface area contributed by atoms with Crippen LogP contribution < -0.4 is 11.5 Å². The van der Waals surface area contributed by atoms with Gasteiger partial charge in [0, 0.05) is 12.8 Å². The first-order chi connectivity index (χ1) is 7.22. The van der Waals surface area contributed by atoms with E-state index in [4.69, 9.17) is 14.9 Å². The lowest BCUT2D eigenvalue weighted by atomic mass is 10.3. The summed E-state index contributed by atoms with van der Waals surface area (Å²) in [6, 6.07) is 5.11. The van der Waals surface area contributed by atoms with Gasteiger partial charge in [-0.15, -0.1) is 0 Å². The van der Waals surface area contributed by atoms with E-state index in [2.05, 4.69) is 0 Å². The monoisotopic (exact) mass is 208 g/mol. The van der Waals surface area contributed by atoms with Crippen molar-refractivity contribution >= 4 is 16.8 Å². The lowest BCUT2D eigenvalue weighted by molar-refractivity contribution is 0.186. The Hall–Kier alpha value is -1.75. The zero-order chi connectivity index (χ0) is 10.8. The minimum atomic E-state index is -0.382. The van der Waals surface area contributed by atoms with Crippen molar-refractivity contribution in [3.63, 3.8) is 0 Å². The van der Waals surface area contributed by atoms with Gasteiger partial charge in [0.25, 0.3) is 0 Å². The molecule has 0 fully saturated rings. The number of oxazole rings is 1. The van der Waals surface area contributed by atoms with E-state index in [9.17, 15) is 4.79 Å². The molecule has 5 nitrogen and oxygen atoms in total. The second-order valence-electron chi connectivity index (χ2n) is 3.24. The summed E-state index contributed by atoms with van der Waals surface area (Å²) in [5.41, 5.74) is 7.50. The van der Waals surface area contributed by atoms with Crippen LogP contribution in [0.1, 0.15) is 0 Å². The zero-order valence-corrected chi connectivity index (χ0v) is 8.40. The van der Waals surface area contributed by atoms with Crippen LogP contribution in [0.3, 0.4) is 0 Å². The van der Waals surface area contributed by atoms with Crippen molar-refractivity contribution in [2.24, 2.45) is 0 Å². The van der Waals surface area contributed by atoms with Gasteiger partial charge in [-0.25, -0.2) is 4.79 Å². The molecule has 0 spiro atoms. The molecule has 0 atom stereocenters. The maximum absolute atomic E-state index is 11.5. The van der Waals surface area contributed by atoms with Gasteiger partial charge in [0.15, 0.2) is 5.58 Å². The SMILES string of the molecule is COCCn1c(=O)oc2ccc(N)cc21. The number of ether oxygens (including phenoxy) is 1. The number of methoxy groups -OCH3 is 1. The second-order valence-corrected chi connectivity index (χ2v) is 3.24. The number of benzene rings is 1. The molecule has 0 saturated heterocycles. The molecular formula is C10H12N2O3. The Morgan fingerprint density at radius 1 is 1.53 bits per heavy atom. The minimum absolute atomic E-state index is 0.382. The van der Waals surface area contributed by atoms with Crippen LogP contribution in [0.5, 0.6) is 0 Å². The van der Waals surface area contributed by atoms with E-state index >= 15 is 0 Å². The Morgan fingerprint density at radius 2 is 2.33 bits per heavy atom. The van der Waals surface area contributed by atoms with Crippen molar-refractivity contribution < 1.29 is 9.15 Å². The first-order valence-electron chi connectivity index (χ1n) is 4.60. The molecule has 1 heterocycles. The summed E-state index contributed by atoms with van der Waals surface area (Å²) < 4.78 is 11.5. The highest BCUT2D eigenvalue weighted by molar-refractivity contribution is 5.76. The standard InChI is InChI=1S/C10H12N2O3/c1-14-5-4-12-8-6-7(11)2-3-9(8)15-10(12)13/h2-3,6H,4-5,11H2,1H3. The van der Waals surface area contributed by atoms with Gasteiger partial charge in [-0.2, -0.15) is 0 Å². The zero-order valence-electron chi connectivity index (χ0n) is 8.40. The largest absolute Gasteiger partial charge is 0.420 e. The van der Waals surface area contributed by atoms with E-state index in [1.807, 2.05) is 0 Å². The summed E-state index contributed by atoms with van der Waals surface area (Å²) in [4.78, 5) is 11.5. The number of hydrogen-bond donors (Lipinski definition) is 1. The molecule has 0 aliphatic carbocycles. The molecule has 0 saturated carbocycles. The molecule has 2 N–H and O–H groups in total. The second kappa shape index (κ2) is 3.78. The average Bonchev–Trinajstić information content (AvgIpc) is 2.51. The number of aromatic nitrogens is 1. The number of fused-ring (bicyclic) bond motifs is 1. The molecule has 15 heavy (non-hydrogen) atoms. The third-order valence-electron chi connectivity index (χ3n) is 2.21. The molecule has 0 bridgehead atoms. The van der Waals surface area contributed by atoms with Crippen molar-refractivity contribution in [2.75, 3.05) is 19.5 Å². The van der Waals surface area contributed by atoms with E-state index in [1.54, 1.807) is 25.3 Å². The molecule has 0 radical (unpaired) electrons. The molecule has 2 rings (SSSR count). The highest BCUT2D eigenvalue weighted by Gasteiger charge is 2.08. The Labute approximate surface area is 86.0 Å². The van der Waals surface area contributed by atoms with Crippen molar-refractivity contribution in [3.8, 4) is 0 Å². The minimum Gasteiger partial charge on any atom is -0.408 e. The number of nitrogens with zero attached hydrogens (tertiary/aromatic N) is 1. The quantitative estimate of drug-likeness (QED) is 0.758. The van der Waals surface area contributed by atoms with E-state index in [0.717, 1.165) is 0 Å². The van der Waals surface area contributed by atoms with Gasteiger partial charge in [0.2, 0.25) is 0 Å².